The lowest BCUT2D eigenvalue weighted by Gasteiger charge is -2.14. The van der Waals surface area contributed by atoms with Crippen LogP contribution in [0.1, 0.15) is 5.56 Å². The van der Waals surface area contributed by atoms with Gasteiger partial charge in [0.05, 0.1) is 22.2 Å². The highest BCUT2D eigenvalue weighted by atomic mass is 35.5. The summed E-state index contributed by atoms with van der Waals surface area (Å²) in [5.74, 6) is -0.514. The molecule has 0 heterocycles. The van der Waals surface area contributed by atoms with Crippen LogP contribution in [-0.2, 0) is 11.0 Å². The molecule has 0 fully saturated rings. The number of hydrogen-bond acceptors (Lipinski definition) is 2. The lowest BCUT2D eigenvalue weighted by molar-refractivity contribution is -0.137. The van der Waals surface area contributed by atoms with E-state index in [4.69, 9.17) is 23.2 Å². The Kier molecular flexibility index (Phi) is 5.38. The number of carbonyl (C=O) groups excluding carboxylic acids is 1. The number of alkyl halides is 3. The van der Waals surface area contributed by atoms with Gasteiger partial charge in [-0.1, -0.05) is 35.3 Å². The van der Waals surface area contributed by atoms with Crippen LogP contribution in [0.5, 0.6) is 0 Å². The smallest absolute Gasteiger partial charge is 0.376 e. The largest absolute Gasteiger partial charge is 0.418 e. The van der Waals surface area contributed by atoms with Gasteiger partial charge in [-0.15, -0.1) is 0 Å². The van der Waals surface area contributed by atoms with E-state index in [-0.39, 0.29) is 17.3 Å². The molecule has 0 unspecified atom stereocenters. The summed E-state index contributed by atoms with van der Waals surface area (Å²) in [6.07, 6.45) is -4.50. The second-order valence-electron chi connectivity index (χ2n) is 4.57. The molecule has 0 spiro atoms. The molecular weight excluding hydrogens is 352 g/mol. The van der Waals surface area contributed by atoms with Crippen LogP contribution in [0.3, 0.4) is 0 Å². The molecule has 2 N–H and O–H groups in total. The zero-order valence-corrected chi connectivity index (χ0v) is 13.1. The van der Waals surface area contributed by atoms with Gasteiger partial charge < -0.3 is 10.6 Å². The molecule has 0 atom stereocenters. The Bertz CT molecular complexity index is 720. The molecule has 3 nitrogen and oxygen atoms in total. The second kappa shape index (κ2) is 7.10. The normalized spacial score (nSPS) is 11.2. The number of nitrogens with one attached hydrogen (secondary N) is 2. The van der Waals surface area contributed by atoms with E-state index in [2.05, 4.69) is 10.6 Å². The molecule has 23 heavy (non-hydrogen) atoms. The van der Waals surface area contributed by atoms with Crippen molar-refractivity contribution in [3.63, 3.8) is 0 Å². The van der Waals surface area contributed by atoms with E-state index in [9.17, 15) is 18.0 Å². The van der Waals surface area contributed by atoms with Crippen LogP contribution in [0.2, 0.25) is 10.0 Å². The van der Waals surface area contributed by atoms with Crippen molar-refractivity contribution >= 4 is 40.5 Å². The van der Waals surface area contributed by atoms with Gasteiger partial charge in [-0.05, 0) is 30.3 Å². The van der Waals surface area contributed by atoms with Gasteiger partial charge in [0, 0.05) is 11.4 Å². The molecule has 1 amide bonds. The Balaban J connectivity index is 2.01. The zero-order valence-electron chi connectivity index (χ0n) is 11.5. The highest BCUT2D eigenvalue weighted by Crippen LogP contribution is 2.34. The third-order valence-corrected chi connectivity index (χ3v) is 3.61. The SMILES string of the molecule is O=C(CNc1ccccc1C(F)(F)F)Nc1ccc(Cl)c(Cl)c1. The lowest BCUT2D eigenvalue weighted by atomic mass is 10.1. The predicted molar refractivity (Wildman–Crippen MR) is 85.0 cm³/mol. The van der Waals surface area contributed by atoms with E-state index >= 15 is 0 Å². The summed E-state index contributed by atoms with van der Waals surface area (Å²) in [6, 6.07) is 9.43. The minimum absolute atomic E-state index is 0.163. The van der Waals surface area contributed by atoms with E-state index in [0.717, 1.165) is 6.07 Å². The number of para-hydroxylation sites is 1. The molecule has 122 valence electrons. The van der Waals surface area contributed by atoms with Crippen molar-refractivity contribution in [1.29, 1.82) is 0 Å². The summed E-state index contributed by atoms with van der Waals surface area (Å²) >= 11 is 11.6. The van der Waals surface area contributed by atoms with Crippen molar-refractivity contribution in [1.82, 2.24) is 0 Å². The number of halogens is 5. The Morgan fingerprint density at radius 2 is 1.74 bits per heavy atom. The van der Waals surface area contributed by atoms with E-state index in [1.807, 2.05) is 0 Å². The van der Waals surface area contributed by atoms with Crippen molar-refractivity contribution in [2.75, 3.05) is 17.2 Å². The summed E-state index contributed by atoms with van der Waals surface area (Å²) in [7, 11) is 0. The summed E-state index contributed by atoms with van der Waals surface area (Å²) in [5.41, 5.74) is -0.595. The number of anilines is 2. The average Bonchev–Trinajstić information content (AvgIpc) is 2.48. The molecule has 0 radical (unpaired) electrons. The summed E-state index contributed by atoms with van der Waals surface area (Å²) in [4.78, 5) is 11.8. The Labute approximate surface area is 140 Å². The average molecular weight is 363 g/mol. The molecule has 0 saturated heterocycles. The van der Waals surface area contributed by atoms with Gasteiger partial charge in [0.15, 0.2) is 0 Å². The van der Waals surface area contributed by atoms with Gasteiger partial charge in [0.2, 0.25) is 5.91 Å². The minimum atomic E-state index is -4.50. The van der Waals surface area contributed by atoms with Gasteiger partial charge in [-0.3, -0.25) is 4.79 Å². The van der Waals surface area contributed by atoms with Crippen LogP contribution in [-0.4, -0.2) is 12.5 Å². The quantitative estimate of drug-likeness (QED) is 0.797. The number of rotatable bonds is 4. The highest BCUT2D eigenvalue weighted by Gasteiger charge is 2.33. The van der Waals surface area contributed by atoms with E-state index in [1.165, 1.54) is 36.4 Å². The minimum Gasteiger partial charge on any atom is -0.376 e. The van der Waals surface area contributed by atoms with Crippen molar-refractivity contribution in [3.05, 3.63) is 58.1 Å². The van der Waals surface area contributed by atoms with Crippen LogP contribution in [0, 0.1) is 0 Å². The molecule has 2 rings (SSSR count). The summed E-state index contributed by atoms with van der Waals surface area (Å²) in [5, 5.41) is 5.59. The Hall–Kier alpha value is -1.92. The first-order valence-electron chi connectivity index (χ1n) is 6.42. The van der Waals surface area contributed by atoms with Crippen LogP contribution in [0.4, 0.5) is 24.5 Å². The monoisotopic (exact) mass is 362 g/mol. The van der Waals surface area contributed by atoms with Gasteiger partial charge >= 0.3 is 6.18 Å². The first kappa shape index (κ1) is 17.4. The van der Waals surface area contributed by atoms with Gasteiger partial charge in [-0.25, -0.2) is 0 Å². The molecule has 0 bridgehead atoms. The Morgan fingerprint density at radius 3 is 2.39 bits per heavy atom. The van der Waals surface area contributed by atoms with Crippen molar-refractivity contribution in [3.8, 4) is 0 Å². The van der Waals surface area contributed by atoms with Gasteiger partial charge in [0.1, 0.15) is 0 Å². The Morgan fingerprint density at radius 1 is 1.04 bits per heavy atom. The van der Waals surface area contributed by atoms with Crippen LogP contribution >= 0.6 is 23.2 Å². The molecule has 8 heteroatoms. The van der Waals surface area contributed by atoms with Crippen molar-refractivity contribution < 1.29 is 18.0 Å². The molecular formula is C15H11Cl2F3N2O. The number of benzene rings is 2. The maximum Gasteiger partial charge on any atom is 0.418 e. The first-order valence-corrected chi connectivity index (χ1v) is 7.18. The molecule has 0 aromatic heterocycles. The van der Waals surface area contributed by atoms with Crippen LogP contribution in [0.25, 0.3) is 0 Å². The molecule has 2 aromatic carbocycles. The standard InChI is InChI=1S/C15H11Cl2F3N2O/c16-11-6-5-9(7-12(11)17)22-14(23)8-21-13-4-2-1-3-10(13)15(18,19)20/h1-7,21H,8H2,(H,22,23). The maximum atomic E-state index is 12.8. The third kappa shape index (κ3) is 4.77. The zero-order chi connectivity index (χ0) is 17.0. The lowest BCUT2D eigenvalue weighted by Crippen LogP contribution is -2.23. The molecule has 2 aromatic rings. The molecule has 0 aliphatic carbocycles. The first-order chi connectivity index (χ1) is 10.8. The number of amides is 1. The van der Waals surface area contributed by atoms with E-state index < -0.39 is 17.6 Å². The van der Waals surface area contributed by atoms with E-state index in [0.29, 0.717) is 10.7 Å². The van der Waals surface area contributed by atoms with E-state index in [1.54, 1.807) is 0 Å². The number of carbonyl (C=O) groups is 1. The van der Waals surface area contributed by atoms with Gasteiger partial charge in [0.25, 0.3) is 0 Å². The van der Waals surface area contributed by atoms with Crippen molar-refractivity contribution in [2.24, 2.45) is 0 Å². The molecule has 0 saturated carbocycles. The van der Waals surface area contributed by atoms with Gasteiger partial charge in [-0.2, -0.15) is 13.2 Å². The second-order valence-corrected chi connectivity index (χ2v) is 5.39. The fourth-order valence-electron chi connectivity index (χ4n) is 1.84. The summed E-state index contributed by atoms with van der Waals surface area (Å²) < 4.78 is 38.5. The van der Waals surface area contributed by atoms with Crippen molar-refractivity contribution in [2.45, 2.75) is 6.18 Å². The topological polar surface area (TPSA) is 41.1 Å². The fourth-order valence-corrected chi connectivity index (χ4v) is 2.14. The number of hydrogen-bond donors (Lipinski definition) is 2. The molecule has 0 aliphatic rings. The maximum absolute atomic E-state index is 12.8. The summed E-state index contributed by atoms with van der Waals surface area (Å²) in [6.45, 7) is -0.326. The van der Waals surface area contributed by atoms with Crippen LogP contribution in [0.15, 0.2) is 42.5 Å². The highest BCUT2D eigenvalue weighted by molar-refractivity contribution is 6.42. The third-order valence-electron chi connectivity index (χ3n) is 2.88. The molecule has 0 aliphatic heterocycles. The van der Waals surface area contributed by atoms with Crippen LogP contribution < -0.4 is 10.6 Å². The predicted octanol–water partition coefficient (Wildman–Crippen LogP) is 5.06. The fraction of sp³-hybridized carbons (Fsp3) is 0.133.